The molecule has 0 unspecified atom stereocenters. The van der Waals surface area contributed by atoms with Gasteiger partial charge in [0.05, 0.1) is 23.7 Å². The normalized spacial score (nSPS) is 12.0. The second kappa shape index (κ2) is 10.2. The molecule has 7 heteroatoms. The highest BCUT2D eigenvalue weighted by atomic mass is 35.5. The number of benzene rings is 3. The van der Waals surface area contributed by atoms with Crippen LogP contribution in [0.4, 0.5) is 5.69 Å². The summed E-state index contributed by atoms with van der Waals surface area (Å²) in [5.74, 6) is 0.994. The quantitative estimate of drug-likeness (QED) is 0.321. The predicted octanol–water partition coefficient (Wildman–Crippen LogP) is 5.99. The van der Waals surface area contributed by atoms with Crippen LogP contribution in [0.1, 0.15) is 19.4 Å². The Morgan fingerprint density at radius 2 is 1.74 bits per heavy atom. The van der Waals surface area contributed by atoms with Crippen LogP contribution in [0.2, 0.25) is 5.02 Å². The highest BCUT2D eigenvalue weighted by Gasteiger charge is 2.14. The van der Waals surface area contributed by atoms with Gasteiger partial charge in [-0.05, 0) is 67.2 Å². The average Bonchev–Trinajstić information content (AvgIpc) is 2.86. The molecule has 1 heterocycles. The molecule has 0 radical (unpaired) electrons. The Kier molecular flexibility index (Phi) is 7.10. The molecule has 0 saturated heterocycles. The Balaban J connectivity index is 1.92. The number of phenols is 1. The molecule has 2 N–H and O–H groups in total. The summed E-state index contributed by atoms with van der Waals surface area (Å²) in [5.41, 5.74) is 3.64. The number of hydrogen-bond donors (Lipinski definition) is 2. The first kappa shape index (κ1) is 23.7. The first-order chi connectivity index (χ1) is 16.4. The van der Waals surface area contributed by atoms with Gasteiger partial charge in [-0.15, -0.1) is 0 Å². The van der Waals surface area contributed by atoms with E-state index in [4.69, 9.17) is 21.3 Å². The van der Waals surface area contributed by atoms with E-state index in [1.807, 2.05) is 42.5 Å². The molecule has 0 aliphatic rings. The fourth-order valence-electron chi connectivity index (χ4n) is 4.00. The molecule has 0 aliphatic carbocycles. The van der Waals surface area contributed by atoms with Crippen LogP contribution in [-0.4, -0.2) is 40.1 Å². The third-order valence-electron chi connectivity index (χ3n) is 5.97. The lowest BCUT2D eigenvalue weighted by atomic mass is 9.99. The summed E-state index contributed by atoms with van der Waals surface area (Å²) in [6.45, 7) is 6.55. The van der Waals surface area contributed by atoms with Gasteiger partial charge in [0.25, 0.3) is 0 Å². The second-order valence-electron chi connectivity index (χ2n) is 8.01. The van der Waals surface area contributed by atoms with E-state index < -0.39 is 0 Å². The zero-order chi connectivity index (χ0) is 24.2. The Bertz CT molecular complexity index is 1380. The van der Waals surface area contributed by atoms with E-state index in [9.17, 15) is 10.3 Å². The molecule has 0 amide bonds. The van der Waals surface area contributed by atoms with Gasteiger partial charge in [0.1, 0.15) is 11.5 Å². The standard InChI is InChI=1S/C27H28ClN3O3/c1-4-30(5-2)17-19-14-21(16-24(27(19)32)18-6-9-22(34-3)10-7-18)29-25-12-13-31(33)26-15-20(28)8-11-23(25)26/h6-16,32-33H,4-5,17H2,1-3H3. The number of ether oxygens (including phenoxy) is 1. The molecule has 0 bridgehead atoms. The maximum Gasteiger partial charge on any atom is 0.128 e. The van der Waals surface area contributed by atoms with E-state index in [0.717, 1.165) is 40.1 Å². The van der Waals surface area contributed by atoms with E-state index in [1.165, 1.54) is 0 Å². The van der Waals surface area contributed by atoms with Crippen LogP contribution in [0.15, 0.2) is 71.9 Å². The monoisotopic (exact) mass is 477 g/mol. The Morgan fingerprint density at radius 1 is 1.00 bits per heavy atom. The number of aromatic nitrogens is 1. The Labute approximate surface area is 203 Å². The lowest BCUT2D eigenvalue weighted by Crippen LogP contribution is -2.22. The maximum absolute atomic E-state index is 11.2. The van der Waals surface area contributed by atoms with Crippen molar-refractivity contribution in [3.05, 3.63) is 82.8 Å². The average molecular weight is 478 g/mol. The number of nitrogens with zero attached hydrogens (tertiary/aromatic N) is 3. The number of halogens is 1. The van der Waals surface area contributed by atoms with Crippen molar-refractivity contribution in [3.63, 3.8) is 0 Å². The molecule has 34 heavy (non-hydrogen) atoms. The summed E-state index contributed by atoms with van der Waals surface area (Å²) in [6.07, 6.45) is 1.54. The van der Waals surface area contributed by atoms with Gasteiger partial charge in [-0.3, -0.25) is 4.90 Å². The van der Waals surface area contributed by atoms with Crippen LogP contribution in [0.25, 0.3) is 22.0 Å². The van der Waals surface area contributed by atoms with Crippen molar-refractivity contribution >= 4 is 28.2 Å². The summed E-state index contributed by atoms with van der Waals surface area (Å²) in [6, 6.07) is 18.4. The van der Waals surface area contributed by atoms with Crippen LogP contribution in [-0.2, 0) is 6.54 Å². The fraction of sp³-hybridized carbons (Fsp3) is 0.222. The molecule has 3 aromatic carbocycles. The lowest BCUT2D eigenvalue weighted by molar-refractivity contribution is 0.198. The molecular formula is C27H28ClN3O3. The van der Waals surface area contributed by atoms with Crippen molar-refractivity contribution in [3.8, 4) is 22.6 Å². The fourth-order valence-corrected chi connectivity index (χ4v) is 4.17. The molecule has 0 aliphatic heterocycles. The zero-order valence-corrected chi connectivity index (χ0v) is 20.3. The predicted molar refractivity (Wildman–Crippen MR) is 136 cm³/mol. The minimum atomic E-state index is 0.244. The summed E-state index contributed by atoms with van der Waals surface area (Å²) in [7, 11) is 1.63. The molecule has 6 nitrogen and oxygen atoms in total. The number of fused-ring (bicyclic) bond motifs is 1. The van der Waals surface area contributed by atoms with E-state index in [-0.39, 0.29) is 5.75 Å². The van der Waals surface area contributed by atoms with Crippen LogP contribution < -0.4 is 10.1 Å². The Morgan fingerprint density at radius 3 is 2.41 bits per heavy atom. The molecular weight excluding hydrogens is 450 g/mol. The van der Waals surface area contributed by atoms with Crippen molar-refractivity contribution in [2.75, 3.05) is 20.2 Å². The number of pyridine rings is 1. The van der Waals surface area contributed by atoms with Gasteiger partial charge in [-0.1, -0.05) is 37.6 Å². The van der Waals surface area contributed by atoms with Gasteiger partial charge in [0, 0.05) is 34.3 Å². The smallest absolute Gasteiger partial charge is 0.128 e. The van der Waals surface area contributed by atoms with Gasteiger partial charge in [-0.25, -0.2) is 4.99 Å². The van der Waals surface area contributed by atoms with E-state index >= 15 is 0 Å². The molecule has 0 fully saturated rings. The minimum Gasteiger partial charge on any atom is -0.507 e. The Hall–Kier alpha value is -3.48. The number of phenolic OH excluding ortho intramolecular Hbond substituents is 1. The van der Waals surface area contributed by atoms with Gasteiger partial charge < -0.3 is 15.1 Å². The van der Waals surface area contributed by atoms with Crippen molar-refractivity contribution in [2.24, 2.45) is 4.99 Å². The minimum absolute atomic E-state index is 0.244. The van der Waals surface area contributed by atoms with Crippen molar-refractivity contribution in [1.82, 2.24) is 9.63 Å². The number of rotatable bonds is 7. The summed E-state index contributed by atoms with van der Waals surface area (Å²) >= 11 is 6.13. The summed E-state index contributed by atoms with van der Waals surface area (Å²) in [5, 5.41) is 23.4. The van der Waals surface area contributed by atoms with E-state index in [0.29, 0.717) is 33.7 Å². The van der Waals surface area contributed by atoms with Crippen LogP contribution >= 0.6 is 11.6 Å². The highest BCUT2D eigenvalue weighted by Crippen LogP contribution is 2.37. The third-order valence-corrected chi connectivity index (χ3v) is 6.20. The van der Waals surface area contributed by atoms with Gasteiger partial charge in [0.2, 0.25) is 0 Å². The molecule has 176 valence electrons. The lowest BCUT2D eigenvalue weighted by Gasteiger charge is -2.20. The number of hydrogen-bond acceptors (Lipinski definition) is 5. The maximum atomic E-state index is 11.2. The first-order valence-corrected chi connectivity index (χ1v) is 11.6. The van der Waals surface area contributed by atoms with Crippen molar-refractivity contribution < 1.29 is 15.1 Å². The summed E-state index contributed by atoms with van der Waals surface area (Å²) in [4.78, 5) is 7.14. The highest BCUT2D eigenvalue weighted by molar-refractivity contribution is 6.31. The van der Waals surface area contributed by atoms with Crippen LogP contribution in [0.5, 0.6) is 11.5 Å². The summed E-state index contributed by atoms with van der Waals surface area (Å²) < 4.78 is 6.32. The first-order valence-electron chi connectivity index (χ1n) is 11.2. The number of methoxy groups -OCH3 is 1. The van der Waals surface area contributed by atoms with Gasteiger partial charge in [-0.2, -0.15) is 4.73 Å². The molecule has 0 atom stereocenters. The van der Waals surface area contributed by atoms with E-state index in [1.54, 1.807) is 31.5 Å². The third kappa shape index (κ3) is 4.88. The van der Waals surface area contributed by atoms with Crippen LogP contribution in [0.3, 0.4) is 0 Å². The molecule has 0 saturated carbocycles. The largest absolute Gasteiger partial charge is 0.507 e. The molecule has 1 aromatic heterocycles. The SMILES string of the molecule is CCN(CC)Cc1cc(N=c2ccn(O)c3cc(Cl)ccc23)cc(-c2ccc(OC)cc2)c1O. The van der Waals surface area contributed by atoms with Crippen molar-refractivity contribution in [2.45, 2.75) is 20.4 Å². The zero-order valence-electron chi connectivity index (χ0n) is 19.5. The number of aromatic hydroxyl groups is 1. The van der Waals surface area contributed by atoms with Crippen LogP contribution in [0, 0.1) is 0 Å². The topological polar surface area (TPSA) is 70.2 Å². The van der Waals surface area contributed by atoms with E-state index in [2.05, 4.69) is 18.7 Å². The van der Waals surface area contributed by atoms with Gasteiger partial charge in [0.15, 0.2) is 0 Å². The molecule has 4 aromatic rings. The molecule has 0 spiro atoms. The molecule has 4 rings (SSSR count). The van der Waals surface area contributed by atoms with Gasteiger partial charge >= 0.3 is 0 Å². The second-order valence-corrected chi connectivity index (χ2v) is 8.45. The van der Waals surface area contributed by atoms with Crippen molar-refractivity contribution in [1.29, 1.82) is 0 Å².